The van der Waals surface area contributed by atoms with E-state index in [1.54, 1.807) is 19.1 Å². The van der Waals surface area contributed by atoms with Crippen molar-refractivity contribution < 1.29 is 24.2 Å². The molecule has 0 spiro atoms. The Morgan fingerprint density at radius 2 is 1.45 bits per heavy atom. The number of unbranched alkanes of at least 4 members (excludes halogenated alkanes) is 1. The quantitative estimate of drug-likeness (QED) is 0.260. The van der Waals surface area contributed by atoms with Crippen molar-refractivity contribution in [3.8, 4) is 28.0 Å². The van der Waals surface area contributed by atoms with Gasteiger partial charge in [0.15, 0.2) is 6.10 Å². The topological polar surface area (TPSA) is 72.8 Å². The number of hydrogen-bond donors (Lipinski definition) is 1. The van der Waals surface area contributed by atoms with Crippen LogP contribution in [0.1, 0.15) is 95.1 Å². The van der Waals surface area contributed by atoms with Gasteiger partial charge in [-0.1, -0.05) is 77.4 Å². The number of benzene rings is 3. The van der Waals surface area contributed by atoms with Gasteiger partial charge in [-0.2, -0.15) is 0 Å². The summed E-state index contributed by atoms with van der Waals surface area (Å²) in [6.07, 6.45) is 3.95. The molecule has 3 aromatic rings. The summed E-state index contributed by atoms with van der Waals surface area (Å²) in [5, 5.41) is 9.33. The van der Waals surface area contributed by atoms with E-state index in [0.717, 1.165) is 47.9 Å². The fourth-order valence-corrected chi connectivity index (χ4v) is 5.60. The molecule has 0 bridgehead atoms. The van der Waals surface area contributed by atoms with Crippen molar-refractivity contribution in [2.75, 3.05) is 6.61 Å². The molecule has 4 rings (SSSR count). The van der Waals surface area contributed by atoms with E-state index in [2.05, 4.69) is 58.9 Å². The number of ether oxygens (including phenoxy) is 2. The molecule has 0 amide bonds. The van der Waals surface area contributed by atoms with Crippen molar-refractivity contribution in [3.05, 3.63) is 77.4 Å². The highest BCUT2D eigenvalue weighted by Crippen LogP contribution is 2.47. The fraction of sp³-hybridized carbons (Fsp3) is 0.429. The SMILES string of the molecule is CCCCC(Oc1ccc(-c2ccc(C(=O)O)cc2)cc1-c1ccc2c(c1)C(C)(C)CCC2(C)C)C(=O)OCC. The van der Waals surface area contributed by atoms with Crippen LogP contribution in [0.15, 0.2) is 60.7 Å². The lowest BCUT2D eigenvalue weighted by molar-refractivity contribution is -0.151. The highest BCUT2D eigenvalue weighted by molar-refractivity contribution is 5.88. The molecule has 1 aliphatic carbocycles. The molecule has 1 unspecified atom stereocenters. The molecular weight excluding hydrogens is 500 g/mol. The number of fused-ring (bicyclic) bond motifs is 1. The van der Waals surface area contributed by atoms with Crippen LogP contribution in [0.3, 0.4) is 0 Å². The summed E-state index contributed by atoms with van der Waals surface area (Å²) in [6.45, 7) is 13.4. The Labute approximate surface area is 238 Å². The van der Waals surface area contributed by atoms with Crippen LogP contribution in [-0.4, -0.2) is 29.8 Å². The van der Waals surface area contributed by atoms with Gasteiger partial charge in [0, 0.05) is 5.56 Å². The Kier molecular flexibility index (Phi) is 8.72. The first-order chi connectivity index (χ1) is 19.0. The second-order valence-corrected chi connectivity index (χ2v) is 12.1. The first-order valence-corrected chi connectivity index (χ1v) is 14.4. The monoisotopic (exact) mass is 542 g/mol. The number of carboxylic acids is 1. The van der Waals surface area contributed by atoms with Gasteiger partial charge in [0.2, 0.25) is 0 Å². The molecule has 5 heteroatoms. The second kappa shape index (κ2) is 11.9. The van der Waals surface area contributed by atoms with Gasteiger partial charge >= 0.3 is 11.9 Å². The van der Waals surface area contributed by atoms with E-state index in [1.165, 1.54) is 11.1 Å². The Bertz CT molecular complexity index is 1370. The first-order valence-electron chi connectivity index (χ1n) is 14.4. The minimum absolute atomic E-state index is 0.0424. The maximum absolute atomic E-state index is 12.8. The highest BCUT2D eigenvalue weighted by atomic mass is 16.6. The average molecular weight is 543 g/mol. The summed E-state index contributed by atoms with van der Waals surface area (Å²) in [7, 11) is 0. The zero-order valence-electron chi connectivity index (χ0n) is 24.7. The maximum Gasteiger partial charge on any atom is 0.347 e. The predicted octanol–water partition coefficient (Wildman–Crippen LogP) is 8.57. The number of rotatable bonds is 10. The first kappa shape index (κ1) is 29.4. The van der Waals surface area contributed by atoms with Gasteiger partial charge in [-0.05, 0) is 95.5 Å². The summed E-state index contributed by atoms with van der Waals surface area (Å²) in [4.78, 5) is 24.2. The summed E-state index contributed by atoms with van der Waals surface area (Å²) in [5.41, 5.74) is 6.89. The van der Waals surface area contributed by atoms with Crippen LogP contribution in [0.2, 0.25) is 0 Å². The van der Waals surface area contributed by atoms with Crippen LogP contribution in [0.4, 0.5) is 0 Å². The lowest BCUT2D eigenvalue weighted by atomic mass is 9.63. The van der Waals surface area contributed by atoms with Gasteiger partial charge in [-0.3, -0.25) is 0 Å². The molecule has 5 nitrogen and oxygen atoms in total. The van der Waals surface area contributed by atoms with Crippen LogP contribution in [-0.2, 0) is 20.4 Å². The molecule has 0 fully saturated rings. The number of carbonyl (C=O) groups excluding carboxylic acids is 1. The van der Waals surface area contributed by atoms with Crippen LogP contribution in [0, 0.1) is 0 Å². The zero-order chi connectivity index (χ0) is 29.1. The van der Waals surface area contributed by atoms with Gasteiger partial charge < -0.3 is 14.6 Å². The molecule has 0 heterocycles. The third-order valence-corrected chi connectivity index (χ3v) is 8.25. The predicted molar refractivity (Wildman–Crippen MR) is 160 cm³/mol. The zero-order valence-corrected chi connectivity index (χ0v) is 24.7. The fourth-order valence-electron chi connectivity index (χ4n) is 5.60. The van der Waals surface area contributed by atoms with Gasteiger partial charge in [-0.15, -0.1) is 0 Å². The summed E-state index contributed by atoms with van der Waals surface area (Å²) in [6, 6.07) is 19.5. The van der Waals surface area contributed by atoms with Crippen LogP contribution < -0.4 is 4.74 Å². The van der Waals surface area contributed by atoms with E-state index in [0.29, 0.717) is 18.8 Å². The van der Waals surface area contributed by atoms with Crippen molar-refractivity contribution in [1.29, 1.82) is 0 Å². The average Bonchev–Trinajstić information content (AvgIpc) is 2.93. The van der Waals surface area contributed by atoms with E-state index >= 15 is 0 Å². The highest BCUT2D eigenvalue weighted by Gasteiger charge is 2.37. The van der Waals surface area contributed by atoms with E-state index < -0.39 is 12.1 Å². The van der Waals surface area contributed by atoms with E-state index in [9.17, 15) is 14.7 Å². The Hall–Kier alpha value is -3.60. The molecule has 0 radical (unpaired) electrons. The van der Waals surface area contributed by atoms with Crippen LogP contribution in [0.5, 0.6) is 5.75 Å². The summed E-state index contributed by atoms with van der Waals surface area (Å²) in [5.74, 6) is -0.663. The summed E-state index contributed by atoms with van der Waals surface area (Å²) >= 11 is 0. The molecule has 1 aliphatic rings. The number of aromatic carboxylic acids is 1. The number of esters is 1. The van der Waals surface area contributed by atoms with E-state index in [-0.39, 0.29) is 22.4 Å². The molecule has 1 atom stereocenters. The molecule has 0 aromatic heterocycles. The second-order valence-electron chi connectivity index (χ2n) is 12.1. The van der Waals surface area contributed by atoms with Crippen molar-refractivity contribution in [1.82, 2.24) is 0 Å². The lowest BCUT2D eigenvalue weighted by Gasteiger charge is -2.42. The summed E-state index contributed by atoms with van der Waals surface area (Å²) < 4.78 is 11.8. The van der Waals surface area contributed by atoms with Gasteiger partial charge in [0.05, 0.1) is 12.2 Å². The Morgan fingerprint density at radius 1 is 0.825 bits per heavy atom. The standard InChI is InChI=1S/C35H42O5/c1-7-9-10-31(33(38)39-8-2)40-30-18-16-25(23-11-13-24(14-12-23)32(36)37)21-27(30)26-15-17-28-29(22-26)35(5,6)20-19-34(28,3)4/h11-18,21-22,31H,7-10,19-20H2,1-6H3,(H,36,37). The minimum Gasteiger partial charge on any atom is -0.478 e. The largest absolute Gasteiger partial charge is 0.478 e. The van der Waals surface area contributed by atoms with Gasteiger partial charge in [0.25, 0.3) is 0 Å². The number of hydrogen-bond acceptors (Lipinski definition) is 4. The molecule has 3 aromatic carbocycles. The molecule has 40 heavy (non-hydrogen) atoms. The molecule has 1 N–H and O–H groups in total. The molecule has 0 saturated carbocycles. The van der Waals surface area contributed by atoms with Crippen LogP contribution in [0.25, 0.3) is 22.3 Å². The molecular formula is C35H42O5. The molecule has 212 valence electrons. The van der Waals surface area contributed by atoms with E-state index in [4.69, 9.17) is 9.47 Å². The van der Waals surface area contributed by atoms with E-state index in [1.807, 2.05) is 24.3 Å². The van der Waals surface area contributed by atoms with Crippen molar-refractivity contribution in [2.45, 2.75) is 90.6 Å². The van der Waals surface area contributed by atoms with Crippen molar-refractivity contribution in [3.63, 3.8) is 0 Å². The minimum atomic E-state index is -0.951. The van der Waals surface area contributed by atoms with Gasteiger partial charge in [0.1, 0.15) is 5.75 Å². The lowest BCUT2D eigenvalue weighted by Crippen LogP contribution is -2.33. The van der Waals surface area contributed by atoms with Crippen molar-refractivity contribution >= 4 is 11.9 Å². The molecule has 0 saturated heterocycles. The Morgan fingerprint density at radius 3 is 2.08 bits per heavy atom. The third kappa shape index (κ3) is 6.24. The Balaban J connectivity index is 1.84. The van der Waals surface area contributed by atoms with Crippen LogP contribution >= 0.6 is 0 Å². The maximum atomic E-state index is 12.8. The van der Waals surface area contributed by atoms with Crippen molar-refractivity contribution in [2.24, 2.45) is 0 Å². The smallest absolute Gasteiger partial charge is 0.347 e. The van der Waals surface area contributed by atoms with Gasteiger partial charge in [-0.25, -0.2) is 9.59 Å². The number of carboxylic acid groups (broad SMARTS) is 1. The molecule has 0 aliphatic heterocycles. The third-order valence-electron chi connectivity index (χ3n) is 8.25. The number of carbonyl (C=O) groups is 2. The normalized spacial score (nSPS) is 16.1.